The van der Waals surface area contributed by atoms with Crippen LogP contribution in [-0.4, -0.2) is 105 Å². The van der Waals surface area contributed by atoms with Crippen LogP contribution in [0.2, 0.25) is 5.28 Å². The number of ether oxygens (including phenoxy) is 2. The Bertz CT molecular complexity index is 1670. The van der Waals surface area contributed by atoms with Crippen molar-refractivity contribution in [3.05, 3.63) is 46.8 Å². The summed E-state index contributed by atoms with van der Waals surface area (Å²) in [7, 11) is -2.04. The third kappa shape index (κ3) is 7.75. The summed E-state index contributed by atoms with van der Waals surface area (Å²) < 4.78 is 48.9. The second-order valence-corrected chi connectivity index (χ2v) is 15.7. The van der Waals surface area contributed by atoms with E-state index >= 15 is 0 Å². The Labute approximate surface area is 289 Å². The normalized spacial score (nSPS) is 22.9. The predicted molar refractivity (Wildman–Crippen MR) is 185 cm³/mol. The quantitative estimate of drug-likeness (QED) is 0.361. The van der Waals surface area contributed by atoms with E-state index in [-0.39, 0.29) is 17.1 Å². The van der Waals surface area contributed by atoms with Gasteiger partial charge >= 0.3 is 0 Å². The molecule has 2 aromatic heterocycles. The van der Waals surface area contributed by atoms with Crippen molar-refractivity contribution in [2.75, 3.05) is 84.5 Å². The van der Waals surface area contributed by atoms with E-state index in [9.17, 15) is 12.8 Å². The van der Waals surface area contributed by atoms with E-state index in [0.717, 1.165) is 117 Å². The summed E-state index contributed by atoms with van der Waals surface area (Å²) >= 11 is 5.91. The molecule has 12 nitrogen and oxygen atoms in total. The van der Waals surface area contributed by atoms with Crippen LogP contribution in [0.4, 0.5) is 27.7 Å². The van der Waals surface area contributed by atoms with Crippen molar-refractivity contribution >= 4 is 56.5 Å². The highest BCUT2D eigenvalue weighted by Crippen LogP contribution is 2.32. The third-order valence-corrected chi connectivity index (χ3v) is 12.3. The number of nitrogens with one attached hydrogen (secondary N) is 2. The molecule has 16 heteroatoms. The first-order chi connectivity index (χ1) is 23.4. The van der Waals surface area contributed by atoms with Gasteiger partial charge in [0.05, 0.1) is 33.0 Å². The summed E-state index contributed by atoms with van der Waals surface area (Å²) in [5.74, 6) is 3.09. The van der Waals surface area contributed by atoms with Gasteiger partial charge < -0.3 is 29.9 Å². The number of nitrogens with zero attached hydrogens (tertiary/aromatic N) is 6. The number of fused-ring (bicyclic) bond motifs is 2. The van der Waals surface area contributed by atoms with Gasteiger partial charge in [-0.2, -0.15) is 9.97 Å². The van der Waals surface area contributed by atoms with Crippen LogP contribution < -0.4 is 20.4 Å². The van der Waals surface area contributed by atoms with E-state index in [4.69, 9.17) is 31.0 Å². The minimum absolute atomic E-state index is 0.214. The second kappa shape index (κ2) is 15.3. The molecule has 0 bridgehead atoms. The van der Waals surface area contributed by atoms with Crippen molar-refractivity contribution in [1.29, 1.82) is 0 Å². The van der Waals surface area contributed by atoms with Crippen LogP contribution in [0.15, 0.2) is 34.1 Å². The van der Waals surface area contributed by atoms with Gasteiger partial charge in [-0.15, -0.1) is 0 Å². The van der Waals surface area contributed by atoms with Gasteiger partial charge in [-0.3, -0.25) is 8.42 Å². The molecular weight excluding hydrogens is 679 g/mol. The van der Waals surface area contributed by atoms with Gasteiger partial charge in [0.1, 0.15) is 27.2 Å². The Kier molecular flexibility index (Phi) is 10.7. The van der Waals surface area contributed by atoms with Crippen LogP contribution in [0.1, 0.15) is 37.1 Å². The van der Waals surface area contributed by atoms with Gasteiger partial charge in [0, 0.05) is 94.7 Å². The summed E-state index contributed by atoms with van der Waals surface area (Å²) in [6, 6.07) is 7.33. The molecule has 0 amide bonds. The first-order valence-electron chi connectivity index (χ1n) is 16.6. The zero-order valence-electron chi connectivity index (χ0n) is 26.7. The summed E-state index contributed by atoms with van der Waals surface area (Å²) in [4.78, 5) is 23.8. The van der Waals surface area contributed by atoms with Crippen molar-refractivity contribution in [3.8, 4) is 0 Å². The van der Waals surface area contributed by atoms with E-state index in [0.29, 0.717) is 35.7 Å². The molecule has 3 saturated heterocycles. The summed E-state index contributed by atoms with van der Waals surface area (Å²) in [5, 5.41) is 7.10. The highest BCUT2D eigenvalue weighted by Gasteiger charge is 2.30. The van der Waals surface area contributed by atoms with Gasteiger partial charge in [0.2, 0.25) is 11.2 Å². The summed E-state index contributed by atoms with van der Waals surface area (Å²) in [5.41, 5.74) is 2.63. The number of hydrogen-bond acceptors (Lipinski definition) is 12. The van der Waals surface area contributed by atoms with E-state index in [2.05, 4.69) is 30.4 Å². The largest absolute Gasteiger partial charge is 0.381 e. The zero-order valence-corrected chi connectivity index (χ0v) is 29.1. The van der Waals surface area contributed by atoms with Crippen LogP contribution in [-0.2, 0) is 43.9 Å². The van der Waals surface area contributed by atoms with E-state index in [1.165, 1.54) is 6.07 Å². The number of anilines is 4. The molecular formula is C32H40ClFN8O4S2. The van der Waals surface area contributed by atoms with Crippen LogP contribution in [0.5, 0.6) is 0 Å². The van der Waals surface area contributed by atoms with E-state index < -0.39 is 21.6 Å². The molecule has 7 heterocycles. The second-order valence-electron chi connectivity index (χ2n) is 12.4. The Hall–Kier alpha value is -2.98. The molecule has 2 atom stereocenters. The van der Waals surface area contributed by atoms with Gasteiger partial charge in [-0.1, -0.05) is 6.07 Å². The maximum absolute atomic E-state index is 13.6. The molecule has 3 aromatic rings. The van der Waals surface area contributed by atoms with Crippen molar-refractivity contribution in [3.63, 3.8) is 0 Å². The molecule has 0 saturated carbocycles. The molecule has 0 spiro atoms. The molecule has 48 heavy (non-hydrogen) atoms. The highest BCUT2D eigenvalue weighted by molar-refractivity contribution is 7.85. The third-order valence-electron chi connectivity index (χ3n) is 9.20. The zero-order chi connectivity index (χ0) is 33.0. The monoisotopic (exact) mass is 718 g/mol. The lowest BCUT2D eigenvalue weighted by molar-refractivity contribution is 0.0902. The Balaban J connectivity index is 0.000000172. The molecule has 5 aliphatic heterocycles. The number of benzene rings is 1. The molecule has 3 fully saturated rings. The molecule has 258 valence electrons. The van der Waals surface area contributed by atoms with Crippen molar-refractivity contribution in [2.24, 2.45) is 0 Å². The average molecular weight is 719 g/mol. The van der Waals surface area contributed by atoms with Gasteiger partial charge in [0.25, 0.3) is 0 Å². The van der Waals surface area contributed by atoms with Crippen molar-refractivity contribution in [2.45, 2.75) is 60.4 Å². The van der Waals surface area contributed by atoms with Gasteiger partial charge in [0.15, 0.2) is 0 Å². The minimum atomic E-state index is -1.04. The highest BCUT2D eigenvalue weighted by atomic mass is 35.5. The van der Waals surface area contributed by atoms with E-state index in [1.807, 2.05) is 6.07 Å². The fourth-order valence-electron chi connectivity index (χ4n) is 6.60. The maximum Gasteiger partial charge on any atom is 0.227 e. The summed E-state index contributed by atoms with van der Waals surface area (Å²) in [6.45, 7) is 6.05. The minimum Gasteiger partial charge on any atom is -0.381 e. The number of hydrogen-bond donors (Lipinski definition) is 2. The average Bonchev–Trinajstić information content (AvgIpc) is 3.67. The molecule has 2 N–H and O–H groups in total. The molecule has 2 unspecified atom stereocenters. The number of halogens is 2. The number of rotatable bonds is 6. The van der Waals surface area contributed by atoms with Crippen LogP contribution in [0.25, 0.3) is 0 Å². The maximum atomic E-state index is 13.6. The SMILES string of the molecule is O=S1CCc2nc(Cl)nc(NC3CCOCC3)c21.O=S1CCc2nc(N3CCN(c4cccc(F)c4)CC3)nc(NC3CCOCC3)c21. The first-order valence-corrected chi connectivity index (χ1v) is 19.6. The molecule has 1 aromatic carbocycles. The number of aromatic nitrogens is 4. The molecule has 5 aliphatic rings. The van der Waals surface area contributed by atoms with Crippen molar-refractivity contribution in [1.82, 2.24) is 19.9 Å². The number of aryl methyl sites for hydroxylation is 2. The Morgan fingerprint density at radius 3 is 1.88 bits per heavy atom. The number of piperazine rings is 1. The molecule has 8 rings (SSSR count). The van der Waals surface area contributed by atoms with E-state index in [1.54, 1.807) is 12.1 Å². The van der Waals surface area contributed by atoms with Crippen molar-refractivity contribution < 1.29 is 22.3 Å². The molecule has 0 aliphatic carbocycles. The lowest BCUT2D eigenvalue weighted by atomic mass is 10.1. The van der Waals surface area contributed by atoms with Crippen LogP contribution in [0.3, 0.4) is 0 Å². The van der Waals surface area contributed by atoms with Crippen LogP contribution in [0, 0.1) is 5.82 Å². The smallest absolute Gasteiger partial charge is 0.227 e. The van der Waals surface area contributed by atoms with Gasteiger partial charge in [-0.25, -0.2) is 14.4 Å². The topological polar surface area (TPSA) is 135 Å². The van der Waals surface area contributed by atoms with Crippen LogP contribution >= 0.6 is 11.6 Å². The standard InChI is InChI=1S/C21H26FN5O2S.C11H14ClN3O2S/c22-15-2-1-3-17(14-15)26-7-9-27(10-8-26)21-24-18-6-13-30(28)19(18)20(25-21)23-16-4-11-29-12-5-16;12-11-14-8-3-6-18(16)9(8)10(15-11)13-7-1-4-17-5-2-7/h1-3,14,16H,4-13H2,(H,23,24,25);7H,1-6H2,(H,13,14,15). The molecule has 0 radical (unpaired) electrons. The lowest BCUT2D eigenvalue weighted by Crippen LogP contribution is -2.47. The fourth-order valence-corrected chi connectivity index (χ4v) is 9.41. The Morgan fingerprint density at radius 2 is 1.29 bits per heavy atom. The Morgan fingerprint density at radius 1 is 0.750 bits per heavy atom. The summed E-state index contributed by atoms with van der Waals surface area (Å²) in [6.07, 6.45) is 5.15. The lowest BCUT2D eigenvalue weighted by Gasteiger charge is -2.36. The first kappa shape index (κ1) is 33.5. The van der Waals surface area contributed by atoms with Gasteiger partial charge in [-0.05, 0) is 55.5 Å². The fraction of sp³-hybridized carbons (Fsp3) is 0.562. The predicted octanol–water partition coefficient (Wildman–Crippen LogP) is 3.58.